The lowest BCUT2D eigenvalue weighted by molar-refractivity contribution is -0.120. The van der Waals surface area contributed by atoms with Crippen molar-refractivity contribution in [3.05, 3.63) is 63.7 Å². The fourth-order valence-corrected chi connectivity index (χ4v) is 4.07. The number of rotatable bonds is 6. The van der Waals surface area contributed by atoms with E-state index in [2.05, 4.69) is 24.4 Å². The summed E-state index contributed by atoms with van der Waals surface area (Å²) in [6.45, 7) is 11.7. The van der Waals surface area contributed by atoms with Gasteiger partial charge in [-0.05, 0) is 87.1 Å². The highest BCUT2D eigenvalue weighted by Gasteiger charge is 2.22. The number of sulfonamides is 1. The smallest absolute Gasteiger partial charge is 0.241 e. The molecule has 28 heavy (non-hydrogen) atoms. The monoisotopic (exact) mass is 402 g/mol. The van der Waals surface area contributed by atoms with Crippen LogP contribution in [0.1, 0.15) is 46.3 Å². The summed E-state index contributed by atoms with van der Waals surface area (Å²) in [5.41, 5.74) is 7.05. The summed E-state index contributed by atoms with van der Waals surface area (Å²) in [7, 11) is -3.59. The summed E-state index contributed by atoms with van der Waals surface area (Å²) in [6.07, 6.45) is 1.12. The molecule has 0 unspecified atom stereocenters. The lowest BCUT2D eigenvalue weighted by Gasteiger charge is -2.24. The molecule has 0 saturated heterocycles. The first-order valence-electron chi connectivity index (χ1n) is 9.32. The van der Waals surface area contributed by atoms with Gasteiger partial charge in [0.1, 0.15) is 6.54 Å². The van der Waals surface area contributed by atoms with E-state index in [1.54, 1.807) is 12.1 Å². The molecule has 0 saturated carbocycles. The van der Waals surface area contributed by atoms with Gasteiger partial charge in [0, 0.05) is 0 Å². The summed E-state index contributed by atoms with van der Waals surface area (Å²) in [4.78, 5) is 12.7. The highest BCUT2D eigenvalue weighted by molar-refractivity contribution is 7.92. The summed E-state index contributed by atoms with van der Waals surface area (Å²) in [5.74, 6) is -0.339. The Labute approximate surface area is 168 Å². The average molecular weight is 403 g/mol. The van der Waals surface area contributed by atoms with E-state index in [1.807, 2.05) is 40.7 Å². The Morgan fingerprint density at radius 3 is 2.07 bits per heavy atom. The van der Waals surface area contributed by atoms with Gasteiger partial charge >= 0.3 is 0 Å². The maximum atomic E-state index is 12.7. The van der Waals surface area contributed by atoms with Crippen molar-refractivity contribution in [2.75, 3.05) is 17.1 Å². The van der Waals surface area contributed by atoms with E-state index in [4.69, 9.17) is 0 Å². The molecule has 5 nitrogen and oxygen atoms in total. The largest absolute Gasteiger partial charge is 0.348 e. The second-order valence-electron chi connectivity index (χ2n) is 7.62. The van der Waals surface area contributed by atoms with E-state index in [0.717, 1.165) is 38.4 Å². The third-order valence-electron chi connectivity index (χ3n) is 5.19. The summed E-state index contributed by atoms with van der Waals surface area (Å²) >= 11 is 0. The number of aryl methyl sites for hydroxylation is 5. The van der Waals surface area contributed by atoms with Gasteiger partial charge < -0.3 is 5.32 Å². The quantitative estimate of drug-likeness (QED) is 0.798. The van der Waals surface area contributed by atoms with Crippen molar-refractivity contribution >= 4 is 21.6 Å². The second kappa shape index (κ2) is 8.35. The molecule has 152 valence electrons. The molecule has 2 aromatic carbocycles. The normalized spacial score (nSPS) is 12.5. The van der Waals surface area contributed by atoms with Crippen LogP contribution in [0.4, 0.5) is 5.69 Å². The zero-order chi connectivity index (χ0) is 21.2. The Morgan fingerprint density at radius 2 is 1.50 bits per heavy atom. The first-order valence-corrected chi connectivity index (χ1v) is 11.2. The van der Waals surface area contributed by atoms with Crippen molar-refractivity contribution in [3.63, 3.8) is 0 Å². The topological polar surface area (TPSA) is 66.5 Å². The number of anilines is 1. The first-order chi connectivity index (χ1) is 12.9. The van der Waals surface area contributed by atoms with Crippen LogP contribution in [0.25, 0.3) is 0 Å². The molecule has 2 rings (SSSR count). The molecule has 0 radical (unpaired) electrons. The predicted octanol–water partition coefficient (Wildman–Crippen LogP) is 3.87. The van der Waals surface area contributed by atoms with E-state index >= 15 is 0 Å². The Hall–Kier alpha value is -2.34. The molecule has 0 aromatic heterocycles. The van der Waals surface area contributed by atoms with Crippen molar-refractivity contribution < 1.29 is 13.2 Å². The van der Waals surface area contributed by atoms with Gasteiger partial charge in [-0.2, -0.15) is 0 Å². The van der Waals surface area contributed by atoms with Gasteiger partial charge in [0.2, 0.25) is 15.9 Å². The molecule has 0 fully saturated rings. The van der Waals surface area contributed by atoms with Crippen molar-refractivity contribution in [3.8, 4) is 0 Å². The lowest BCUT2D eigenvalue weighted by Crippen LogP contribution is -2.41. The van der Waals surface area contributed by atoms with Crippen LogP contribution >= 0.6 is 0 Å². The van der Waals surface area contributed by atoms with Gasteiger partial charge in [-0.25, -0.2) is 8.42 Å². The Bertz CT molecular complexity index is 997. The second-order valence-corrected chi connectivity index (χ2v) is 9.53. The van der Waals surface area contributed by atoms with Crippen molar-refractivity contribution in [2.45, 2.75) is 47.6 Å². The molecule has 0 aliphatic heterocycles. The SMILES string of the molecule is Cc1ccc(N(CC(=O)N[C@H](C)c2cc(C)c(C)cc2C)S(C)(=O)=O)cc1C. The van der Waals surface area contributed by atoms with Crippen LogP contribution in [-0.4, -0.2) is 27.1 Å². The number of amides is 1. The Morgan fingerprint density at radius 1 is 0.929 bits per heavy atom. The van der Waals surface area contributed by atoms with Gasteiger partial charge in [0.25, 0.3) is 0 Å². The fourth-order valence-electron chi connectivity index (χ4n) is 3.23. The minimum absolute atomic E-state index is 0.215. The third-order valence-corrected chi connectivity index (χ3v) is 6.33. The van der Waals surface area contributed by atoms with Crippen LogP contribution in [0.15, 0.2) is 30.3 Å². The highest BCUT2D eigenvalue weighted by atomic mass is 32.2. The zero-order valence-corrected chi connectivity index (χ0v) is 18.6. The maximum Gasteiger partial charge on any atom is 0.241 e. The van der Waals surface area contributed by atoms with Crippen molar-refractivity contribution in [1.82, 2.24) is 5.32 Å². The Kier molecular flexibility index (Phi) is 6.55. The van der Waals surface area contributed by atoms with E-state index in [0.29, 0.717) is 5.69 Å². The Balaban J connectivity index is 2.22. The summed E-state index contributed by atoms with van der Waals surface area (Å²) < 4.78 is 25.8. The molecule has 2 aromatic rings. The minimum Gasteiger partial charge on any atom is -0.348 e. The molecule has 0 heterocycles. The van der Waals surface area contributed by atoms with E-state index in [9.17, 15) is 13.2 Å². The van der Waals surface area contributed by atoms with Gasteiger partial charge in [0.15, 0.2) is 0 Å². The van der Waals surface area contributed by atoms with Crippen LogP contribution in [0, 0.1) is 34.6 Å². The minimum atomic E-state index is -3.59. The number of nitrogens with one attached hydrogen (secondary N) is 1. The predicted molar refractivity (Wildman–Crippen MR) is 115 cm³/mol. The molecular weight excluding hydrogens is 372 g/mol. The lowest BCUT2D eigenvalue weighted by atomic mass is 9.96. The number of benzene rings is 2. The summed E-state index contributed by atoms with van der Waals surface area (Å²) in [6, 6.07) is 9.35. The van der Waals surface area contributed by atoms with Crippen LogP contribution < -0.4 is 9.62 Å². The number of carbonyl (C=O) groups is 1. The molecule has 1 atom stereocenters. The zero-order valence-electron chi connectivity index (χ0n) is 17.8. The van der Waals surface area contributed by atoms with Crippen LogP contribution in [0.2, 0.25) is 0 Å². The maximum absolute atomic E-state index is 12.7. The molecule has 1 N–H and O–H groups in total. The molecule has 6 heteroatoms. The van der Waals surface area contributed by atoms with Crippen molar-refractivity contribution in [2.24, 2.45) is 0 Å². The number of nitrogens with zero attached hydrogens (tertiary/aromatic N) is 1. The van der Waals surface area contributed by atoms with E-state index < -0.39 is 10.0 Å². The van der Waals surface area contributed by atoms with Gasteiger partial charge in [-0.1, -0.05) is 18.2 Å². The molecule has 0 bridgehead atoms. The molecular formula is C22H30N2O3S. The fraction of sp³-hybridized carbons (Fsp3) is 0.409. The van der Waals surface area contributed by atoms with Crippen molar-refractivity contribution in [1.29, 1.82) is 0 Å². The van der Waals surface area contributed by atoms with Crippen LogP contribution in [0.3, 0.4) is 0 Å². The van der Waals surface area contributed by atoms with Gasteiger partial charge in [-0.3, -0.25) is 9.10 Å². The third kappa shape index (κ3) is 5.13. The summed E-state index contributed by atoms with van der Waals surface area (Å²) in [5, 5.41) is 2.94. The number of hydrogen-bond acceptors (Lipinski definition) is 3. The van der Waals surface area contributed by atoms with E-state index in [-0.39, 0.29) is 18.5 Å². The van der Waals surface area contributed by atoms with Gasteiger partial charge in [0.05, 0.1) is 18.0 Å². The molecule has 0 aliphatic carbocycles. The molecule has 0 spiro atoms. The molecule has 0 aliphatic rings. The molecule has 1 amide bonds. The first kappa shape index (κ1) is 22.0. The van der Waals surface area contributed by atoms with Crippen LogP contribution in [-0.2, 0) is 14.8 Å². The van der Waals surface area contributed by atoms with Gasteiger partial charge in [-0.15, -0.1) is 0 Å². The average Bonchev–Trinajstić information content (AvgIpc) is 2.57. The van der Waals surface area contributed by atoms with Crippen LogP contribution in [0.5, 0.6) is 0 Å². The number of hydrogen-bond donors (Lipinski definition) is 1. The number of carbonyl (C=O) groups excluding carboxylic acids is 1. The standard InChI is InChI=1S/C22H30N2O3S/c1-14-8-9-20(11-16(14)3)24(28(7,26)27)13-22(25)23-19(6)21-12-17(4)15(2)10-18(21)5/h8-12,19H,13H2,1-7H3,(H,23,25)/t19-/m1/s1. The van der Waals surface area contributed by atoms with E-state index in [1.165, 1.54) is 5.56 Å². The highest BCUT2D eigenvalue weighted by Crippen LogP contribution is 2.23.